The van der Waals surface area contributed by atoms with Crippen molar-refractivity contribution in [1.82, 2.24) is 4.90 Å². The summed E-state index contributed by atoms with van der Waals surface area (Å²) < 4.78 is 38.4. The molecule has 41 heavy (non-hydrogen) atoms. The number of esters is 5. The minimum Gasteiger partial charge on any atom is -0.463 e. The third kappa shape index (κ3) is 10.0. The third-order valence-electron chi connectivity index (χ3n) is 6.38. The highest BCUT2D eigenvalue weighted by Gasteiger charge is 2.53. The molecule has 0 bridgehead atoms. The van der Waals surface area contributed by atoms with E-state index >= 15 is 0 Å². The van der Waals surface area contributed by atoms with E-state index in [0.29, 0.717) is 12.1 Å². The molecular weight excluding hydrogens is 542 g/mol. The standard InChI is InChI=1S/C28H37NO12/c1-17(30)36-16-23-24(37-18(2)31)25(38-19(3)32)26(39-20(4)33)28(41-23)40-22-10-8-21(9-11-22)27(34)35-15-14-29-12-6-5-7-13-29/h8-11,23-26,28H,5-7,12-16H2,1-4H3. The molecule has 1 aromatic rings. The van der Waals surface area contributed by atoms with Crippen LogP contribution in [0.1, 0.15) is 57.3 Å². The van der Waals surface area contributed by atoms with E-state index in [9.17, 15) is 24.0 Å². The lowest BCUT2D eigenvalue weighted by Gasteiger charge is -2.43. The van der Waals surface area contributed by atoms with Crippen molar-refractivity contribution in [2.45, 2.75) is 77.7 Å². The monoisotopic (exact) mass is 579 g/mol. The van der Waals surface area contributed by atoms with E-state index in [1.54, 1.807) is 0 Å². The van der Waals surface area contributed by atoms with Crippen molar-refractivity contribution in [2.24, 2.45) is 0 Å². The van der Waals surface area contributed by atoms with Gasteiger partial charge in [-0.3, -0.25) is 24.1 Å². The molecule has 226 valence electrons. The van der Waals surface area contributed by atoms with Crippen molar-refractivity contribution in [3.63, 3.8) is 0 Å². The van der Waals surface area contributed by atoms with E-state index in [4.69, 9.17) is 33.2 Å². The summed E-state index contributed by atoms with van der Waals surface area (Å²) in [4.78, 5) is 62.0. The number of benzene rings is 1. The summed E-state index contributed by atoms with van der Waals surface area (Å²) in [5.41, 5.74) is 0.303. The molecule has 2 aliphatic heterocycles. The molecule has 3 rings (SSSR count). The van der Waals surface area contributed by atoms with Crippen LogP contribution in [0.5, 0.6) is 5.75 Å². The van der Waals surface area contributed by atoms with Crippen LogP contribution >= 0.6 is 0 Å². The Kier molecular flexibility index (Phi) is 11.9. The summed E-state index contributed by atoms with van der Waals surface area (Å²) in [5.74, 6) is -3.12. The van der Waals surface area contributed by atoms with Crippen LogP contribution in [0.2, 0.25) is 0 Å². The number of piperidine rings is 1. The predicted octanol–water partition coefficient (Wildman–Crippen LogP) is 1.79. The summed E-state index contributed by atoms with van der Waals surface area (Å²) in [7, 11) is 0. The normalized spacial score (nSPS) is 24.4. The highest BCUT2D eigenvalue weighted by Crippen LogP contribution is 2.31. The molecule has 5 unspecified atom stereocenters. The van der Waals surface area contributed by atoms with Crippen LogP contribution in [0.4, 0.5) is 0 Å². The SMILES string of the molecule is CC(=O)OCC1OC(Oc2ccc(C(=O)OCCN3CCCCC3)cc2)C(OC(C)=O)C(OC(C)=O)C1OC(C)=O. The van der Waals surface area contributed by atoms with Gasteiger partial charge in [-0.15, -0.1) is 0 Å². The van der Waals surface area contributed by atoms with E-state index in [0.717, 1.165) is 46.7 Å². The molecule has 2 fully saturated rings. The second-order valence-electron chi connectivity index (χ2n) is 9.75. The number of rotatable bonds is 11. The molecule has 2 heterocycles. The average Bonchev–Trinajstić information content (AvgIpc) is 2.91. The van der Waals surface area contributed by atoms with Crippen LogP contribution < -0.4 is 4.74 Å². The fourth-order valence-electron chi connectivity index (χ4n) is 4.62. The van der Waals surface area contributed by atoms with Crippen molar-refractivity contribution in [1.29, 1.82) is 0 Å². The minimum atomic E-state index is -1.38. The number of hydrogen-bond donors (Lipinski definition) is 0. The summed E-state index contributed by atoms with van der Waals surface area (Å²) in [5, 5.41) is 0. The van der Waals surface area contributed by atoms with Gasteiger partial charge in [0.25, 0.3) is 0 Å². The van der Waals surface area contributed by atoms with Crippen molar-refractivity contribution in [3.8, 4) is 5.75 Å². The first-order valence-corrected chi connectivity index (χ1v) is 13.5. The maximum absolute atomic E-state index is 12.5. The second-order valence-corrected chi connectivity index (χ2v) is 9.75. The molecule has 0 amide bonds. The molecule has 1 aromatic carbocycles. The fraction of sp³-hybridized carbons (Fsp3) is 0.607. The molecule has 13 nitrogen and oxygen atoms in total. The maximum Gasteiger partial charge on any atom is 0.338 e. The Morgan fingerprint density at radius 1 is 0.756 bits per heavy atom. The number of carbonyl (C=O) groups is 5. The van der Waals surface area contributed by atoms with Crippen LogP contribution in [0, 0.1) is 0 Å². The topological polar surface area (TPSA) is 153 Å². The lowest BCUT2D eigenvalue weighted by atomic mass is 9.98. The first kappa shape index (κ1) is 31.8. The second kappa shape index (κ2) is 15.3. The Hall–Kier alpha value is -3.71. The van der Waals surface area contributed by atoms with E-state index in [1.807, 2.05) is 0 Å². The Morgan fingerprint density at radius 3 is 1.93 bits per heavy atom. The lowest BCUT2D eigenvalue weighted by molar-refractivity contribution is -0.288. The molecule has 13 heteroatoms. The Bertz CT molecular complexity index is 1070. The summed E-state index contributed by atoms with van der Waals surface area (Å²) in [6, 6.07) is 6.00. The van der Waals surface area contributed by atoms with Gasteiger partial charge in [0.2, 0.25) is 12.4 Å². The summed E-state index contributed by atoms with van der Waals surface area (Å²) in [6.07, 6.45) is -3.01. The zero-order chi connectivity index (χ0) is 29.9. The van der Waals surface area contributed by atoms with Gasteiger partial charge in [-0.25, -0.2) is 4.79 Å². The predicted molar refractivity (Wildman–Crippen MR) is 140 cm³/mol. The molecule has 0 N–H and O–H groups in total. The van der Waals surface area contributed by atoms with Crippen LogP contribution in [-0.4, -0.2) is 98.3 Å². The smallest absolute Gasteiger partial charge is 0.338 e. The maximum atomic E-state index is 12.5. The average molecular weight is 580 g/mol. The van der Waals surface area contributed by atoms with Gasteiger partial charge < -0.3 is 33.2 Å². The van der Waals surface area contributed by atoms with Gasteiger partial charge >= 0.3 is 29.8 Å². The van der Waals surface area contributed by atoms with Crippen LogP contribution in [0.25, 0.3) is 0 Å². The molecule has 0 spiro atoms. The van der Waals surface area contributed by atoms with E-state index in [-0.39, 0.29) is 19.0 Å². The van der Waals surface area contributed by atoms with Gasteiger partial charge in [0.15, 0.2) is 12.2 Å². The third-order valence-corrected chi connectivity index (χ3v) is 6.38. The minimum absolute atomic E-state index is 0.218. The molecule has 5 atom stereocenters. The first-order valence-electron chi connectivity index (χ1n) is 13.5. The molecular formula is C28H37NO12. The molecule has 2 aliphatic rings. The van der Waals surface area contributed by atoms with Crippen molar-refractivity contribution < 1.29 is 57.1 Å². The Morgan fingerprint density at radius 2 is 1.34 bits per heavy atom. The van der Waals surface area contributed by atoms with Crippen LogP contribution in [0.15, 0.2) is 24.3 Å². The molecule has 0 aromatic heterocycles. The molecule has 0 saturated carbocycles. The van der Waals surface area contributed by atoms with E-state index < -0.39 is 60.6 Å². The number of nitrogens with zero attached hydrogens (tertiary/aromatic N) is 1. The van der Waals surface area contributed by atoms with E-state index in [1.165, 1.54) is 37.6 Å². The summed E-state index contributed by atoms with van der Waals surface area (Å²) >= 11 is 0. The van der Waals surface area contributed by atoms with Gasteiger partial charge in [-0.1, -0.05) is 6.42 Å². The largest absolute Gasteiger partial charge is 0.463 e. The number of hydrogen-bond acceptors (Lipinski definition) is 13. The van der Waals surface area contributed by atoms with Gasteiger partial charge in [0.05, 0.1) is 5.56 Å². The molecule has 0 radical (unpaired) electrons. The van der Waals surface area contributed by atoms with Gasteiger partial charge in [-0.05, 0) is 50.2 Å². The number of carbonyl (C=O) groups excluding carboxylic acids is 5. The highest BCUT2D eigenvalue weighted by molar-refractivity contribution is 5.89. The first-order chi connectivity index (χ1) is 19.5. The number of likely N-dealkylation sites (tertiary alicyclic amines) is 1. The van der Waals surface area contributed by atoms with E-state index in [2.05, 4.69) is 4.90 Å². The zero-order valence-corrected chi connectivity index (χ0v) is 23.7. The van der Waals surface area contributed by atoms with Crippen molar-refractivity contribution in [2.75, 3.05) is 32.8 Å². The van der Waals surface area contributed by atoms with Gasteiger partial charge in [0.1, 0.15) is 25.1 Å². The van der Waals surface area contributed by atoms with Crippen LogP contribution in [0.3, 0.4) is 0 Å². The van der Waals surface area contributed by atoms with Crippen LogP contribution in [-0.2, 0) is 47.6 Å². The van der Waals surface area contributed by atoms with Crippen molar-refractivity contribution in [3.05, 3.63) is 29.8 Å². The Balaban J connectivity index is 1.75. The summed E-state index contributed by atoms with van der Waals surface area (Å²) in [6.45, 7) is 7.18. The molecule has 0 aliphatic carbocycles. The van der Waals surface area contributed by atoms with Gasteiger partial charge in [0, 0.05) is 34.2 Å². The fourth-order valence-corrected chi connectivity index (χ4v) is 4.62. The lowest BCUT2D eigenvalue weighted by Crippen LogP contribution is -2.63. The zero-order valence-electron chi connectivity index (χ0n) is 23.7. The molecule has 2 saturated heterocycles. The Labute approximate surface area is 238 Å². The van der Waals surface area contributed by atoms with Gasteiger partial charge in [-0.2, -0.15) is 0 Å². The van der Waals surface area contributed by atoms with Crippen molar-refractivity contribution >= 4 is 29.8 Å². The quantitative estimate of drug-likeness (QED) is 0.277. The number of ether oxygens (including phenoxy) is 7. The highest BCUT2D eigenvalue weighted by atomic mass is 16.7.